The quantitative estimate of drug-likeness (QED) is 0.933. The van der Waals surface area contributed by atoms with Gasteiger partial charge in [-0.3, -0.25) is 4.68 Å². The van der Waals surface area contributed by atoms with Gasteiger partial charge in [0.05, 0.1) is 29.0 Å². The Morgan fingerprint density at radius 3 is 2.50 bits per heavy atom. The van der Waals surface area contributed by atoms with Crippen LogP contribution in [0.2, 0.25) is 5.02 Å². The molecule has 0 spiro atoms. The van der Waals surface area contributed by atoms with Crippen LogP contribution in [-0.4, -0.2) is 14.9 Å². The standard InChI is InChI=1S/C12H11ClF2N2O/c1-7-8(13)5-16-17(7)6-11(18)12-9(14)3-2-4-10(12)15/h2-5,11,18H,6H2,1H3. The van der Waals surface area contributed by atoms with E-state index in [0.717, 1.165) is 12.1 Å². The number of rotatable bonds is 3. The van der Waals surface area contributed by atoms with E-state index in [2.05, 4.69) is 5.10 Å². The number of nitrogens with zero attached hydrogens (tertiary/aromatic N) is 2. The average molecular weight is 273 g/mol. The molecular weight excluding hydrogens is 262 g/mol. The molecule has 1 atom stereocenters. The summed E-state index contributed by atoms with van der Waals surface area (Å²) in [6.07, 6.45) is 0.0993. The number of aliphatic hydroxyl groups excluding tert-OH is 1. The van der Waals surface area contributed by atoms with Crippen LogP contribution in [0.15, 0.2) is 24.4 Å². The fourth-order valence-electron chi connectivity index (χ4n) is 1.69. The third-order valence-corrected chi connectivity index (χ3v) is 3.09. The van der Waals surface area contributed by atoms with Crippen LogP contribution in [0.1, 0.15) is 17.4 Å². The van der Waals surface area contributed by atoms with E-state index in [1.807, 2.05) is 0 Å². The molecule has 18 heavy (non-hydrogen) atoms. The summed E-state index contributed by atoms with van der Waals surface area (Å²) in [5.74, 6) is -1.56. The van der Waals surface area contributed by atoms with Crippen LogP contribution in [0.3, 0.4) is 0 Å². The van der Waals surface area contributed by atoms with Crippen molar-refractivity contribution in [3.63, 3.8) is 0 Å². The summed E-state index contributed by atoms with van der Waals surface area (Å²) in [6, 6.07) is 3.45. The molecule has 0 saturated heterocycles. The van der Waals surface area contributed by atoms with Crippen molar-refractivity contribution >= 4 is 11.6 Å². The first-order valence-corrected chi connectivity index (χ1v) is 5.68. The molecule has 2 rings (SSSR count). The van der Waals surface area contributed by atoms with E-state index in [4.69, 9.17) is 11.6 Å². The van der Waals surface area contributed by atoms with Gasteiger partial charge in [0.2, 0.25) is 0 Å². The van der Waals surface area contributed by atoms with E-state index in [0.29, 0.717) is 10.7 Å². The monoisotopic (exact) mass is 272 g/mol. The van der Waals surface area contributed by atoms with Gasteiger partial charge >= 0.3 is 0 Å². The number of aliphatic hydroxyl groups is 1. The summed E-state index contributed by atoms with van der Waals surface area (Å²) >= 11 is 5.81. The minimum absolute atomic E-state index is 0.0591. The molecule has 1 aromatic heterocycles. The molecule has 0 aliphatic rings. The van der Waals surface area contributed by atoms with Crippen LogP contribution in [0.5, 0.6) is 0 Å². The van der Waals surface area contributed by atoms with Gasteiger partial charge in [0, 0.05) is 0 Å². The molecule has 1 heterocycles. The summed E-state index contributed by atoms with van der Waals surface area (Å²) in [5.41, 5.74) is 0.274. The third kappa shape index (κ3) is 2.37. The molecule has 0 aliphatic heterocycles. The number of aromatic nitrogens is 2. The van der Waals surface area contributed by atoms with Gasteiger partial charge in [0.1, 0.15) is 17.7 Å². The van der Waals surface area contributed by atoms with Crippen molar-refractivity contribution in [2.24, 2.45) is 0 Å². The molecule has 1 aromatic carbocycles. The zero-order chi connectivity index (χ0) is 13.3. The lowest BCUT2D eigenvalue weighted by molar-refractivity contribution is 0.141. The highest BCUT2D eigenvalue weighted by Crippen LogP contribution is 2.23. The molecule has 0 radical (unpaired) electrons. The normalized spacial score (nSPS) is 12.7. The van der Waals surface area contributed by atoms with Crippen molar-refractivity contribution < 1.29 is 13.9 Å². The van der Waals surface area contributed by atoms with Crippen molar-refractivity contribution in [1.82, 2.24) is 9.78 Å². The second-order valence-electron chi connectivity index (χ2n) is 3.91. The Labute approximate surface area is 108 Å². The van der Waals surface area contributed by atoms with Crippen LogP contribution in [0, 0.1) is 18.6 Å². The average Bonchev–Trinajstić information content (AvgIpc) is 2.61. The summed E-state index contributed by atoms with van der Waals surface area (Å²) in [4.78, 5) is 0. The Bertz CT molecular complexity index is 551. The van der Waals surface area contributed by atoms with Crippen LogP contribution in [-0.2, 0) is 6.54 Å². The first kappa shape index (κ1) is 13.0. The minimum atomic E-state index is -1.32. The SMILES string of the molecule is Cc1c(Cl)cnn1CC(O)c1c(F)cccc1F. The highest BCUT2D eigenvalue weighted by molar-refractivity contribution is 6.31. The fraction of sp³-hybridized carbons (Fsp3) is 0.250. The maximum absolute atomic E-state index is 13.5. The lowest BCUT2D eigenvalue weighted by atomic mass is 10.1. The van der Waals surface area contributed by atoms with Crippen molar-refractivity contribution in [1.29, 1.82) is 0 Å². The van der Waals surface area contributed by atoms with Crippen LogP contribution < -0.4 is 0 Å². The van der Waals surface area contributed by atoms with E-state index < -0.39 is 17.7 Å². The maximum Gasteiger partial charge on any atom is 0.132 e. The summed E-state index contributed by atoms with van der Waals surface area (Å²) < 4.78 is 28.3. The first-order valence-electron chi connectivity index (χ1n) is 5.30. The number of hydrogen-bond donors (Lipinski definition) is 1. The van der Waals surface area contributed by atoms with Gasteiger partial charge in [-0.2, -0.15) is 5.10 Å². The lowest BCUT2D eigenvalue weighted by Gasteiger charge is -2.14. The molecule has 0 amide bonds. The minimum Gasteiger partial charge on any atom is -0.386 e. The van der Waals surface area contributed by atoms with E-state index in [9.17, 15) is 13.9 Å². The predicted molar refractivity (Wildman–Crippen MR) is 63.3 cm³/mol. The van der Waals surface area contributed by atoms with E-state index in [-0.39, 0.29) is 12.1 Å². The van der Waals surface area contributed by atoms with Crippen molar-refractivity contribution in [3.05, 3.63) is 52.3 Å². The van der Waals surface area contributed by atoms with Gasteiger partial charge in [-0.1, -0.05) is 17.7 Å². The molecule has 3 nitrogen and oxygen atoms in total. The molecule has 0 bridgehead atoms. The van der Waals surface area contributed by atoms with Crippen LogP contribution in [0.4, 0.5) is 8.78 Å². The molecule has 96 valence electrons. The third-order valence-electron chi connectivity index (χ3n) is 2.72. The smallest absolute Gasteiger partial charge is 0.132 e. The molecule has 2 aromatic rings. The summed E-state index contributed by atoms with van der Waals surface area (Å²) in [5, 5.41) is 14.2. The Balaban J connectivity index is 2.27. The fourth-order valence-corrected chi connectivity index (χ4v) is 1.83. The van der Waals surface area contributed by atoms with Crippen molar-refractivity contribution in [3.8, 4) is 0 Å². The van der Waals surface area contributed by atoms with Gasteiger partial charge < -0.3 is 5.11 Å². The lowest BCUT2D eigenvalue weighted by Crippen LogP contribution is -2.14. The Hall–Kier alpha value is -1.46. The van der Waals surface area contributed by atoms with Crippen LogP contribution in [0.25, 0.3) is 0 Å². The van der Waals surface area contributed by atoms with Gasteiger partial charge in [0.15, 0.2) is 0 Å². The largest absolute Gasteiger partial charge is 0.386 e. The predicted octanol–water partition coefficient (Wildman–Crippen LogP) is 2.86. The maximum atomic E-state index is 13.5. The second kappa shape index (κ2) is 5.04. The zero-order valence-electron chi connectivity index (χ0n) is 9.57. The molecular formula is C12H11ClF2N2O. The van der Waals surface area contributed by atoms with Gasteiger partial charge in [-0.25, -0.2) is 8.78 Å². The second-order valence-corrected chi connectivity index (χ2v) is 4.32. The molecule has 6 heteroatoms. The Morgan fingerprint density at radius 1 is 1.39 bits per heavy atom. The van der Waals surface area contributed by atoms with Crippen molar-refractivity contribution in [2.45, 2.75) is 19.6 Å². The molecule has 0 aliphatic carbocycles. The van der Waals surface area contributed by atoms with Crippen molar-refractivity contribution in [2.75, 3.05) is 0 Å². The molecule has 1 unspecified atom stereocenters. The zero-order valence-corrected chi connectivity index (χ0v) is 10.3. The van der Waals surface area contributed by atoms with Gasteiger partial charge in [0.25, 0.3) is 0 Å². The Kier molecular flexibility index (Phi) is 3.63. The molecule has 0 fully saturated rings. The number of halogens is 3. The van der Waals surface area contributed by atoms with Crippen LogP contribution >= 0.6 is 11.6 Å². The Morgan fingerprint density at radius 2 is 2.00 bits per heavy atom. The summed E-state index contributed by atoms with van der Waals surface area (Å²) in [7, 11) is 0. The topological polar surface area (TPSA) is 38.0 Å². The molecule has 0 saturated carbocycles. The highest BCUT2D eigenvalue weighted by atomic mass is 35.5. The van der Waals surface area contributed by atoms with Gasteiger partial charge in [-0.05, 0) is 19.1 Å². The summed E-state index contributed by atoms with van der Waals surface area (Å²) in [6.45, 7) is 1.65. The number of hydrogen-bond acceptors (Lipinski definition) is 2. The number of benzene rings is 1. The highest BCUT2D eigenvalue weighted by Gasteiger charge is 2.19. The van der Waals surface area contributed by atoms with E-state index in [1.54, 1.807) is 6.92 Å². The van der Waals surface area contributed by atoms with E-state index in [1.165, 1.54) is 16.9 Å². The first-order chi connectivity index (χ1) is 8.50. The molecule has 1 N–H and O–H groups in total. The van der Waals surface area contributed by atoms with E-state index >= 15 is 0 Å². The van der Waals surface area contributed by atoms with Gasteiger partial charge in [-0.15, -0.1) is 0 Å².